The maximum Gasteiger partial charge on any atom is 0.234 e. The maximum absolute atomic E-state index is 11.8. The normalized spacial score (nSPS) is 11.9. The maximum atomic E-state index is 11.8. The molecule has 0 aliphatic rings. The van der Waals surface area contributed by atoms with Crippen molar-refractivity contribution in [2.24, 2.45) is 0 Å². The van der Waals surface area contributed by atoms with Gasteiger partial charge in [0.2, 0.25) is 5.91 Å². The summed E-state index contributed by atoms with van der Waals surface area (Å²) in [5.41, 5.74) is 2.46. The Bertz CT molecular complexity index is 654. The van der Waals surface area contributed by atoms with Crippen molar-refractivity contribution in [3.05, 3.63) is 57.8 Å². The van der Waals surface area contributed by atoms with Crippen molar-refractivity contribution in [3.63, 3.8) is 0 Å². The SMILES string of the molecule is C#CCNC(=O)CN[C@@H](c1ccc(C(C)C)cc1)c1cccs1. The summed E-state index contributed by atoms with van der Waals surface area (Å²) in [5, 5.41) is 8.05. The molecule has 1 heterocycles. The van der Waals surface area contributed by atoms with Crippen molar-refractivity contribution in [3.8, 4) is 12.3 Å². The molecule has 2 aromatic rings. The van der Waals surface area contributed by atoms with Gasteiger partial charge in [-0.1, -0.05) is 50.1 Å². The number of thiophene rings is 1. The van der Waals surface area contributed by atoms with Crippen LogP contribution in [0.1, 0.15) is 41.8 Å². The van der Waals surface area contributed by atoms with E-state index in [0.717, 1.165) is 5.56 Å². The molecular weight excluding hydrogens is 304 g/mol. The molecule has 1 amide bonds. The van der Waals surface area contributed by atoms with E-state index in [-0.39, 0.29) is 25.0 Å². The molecule has 4 heteroatoms. The number of nitrogens with one attached hydrogen (secondary N) is 2. The van der Waals surface area contributed by atoms with Crippen LogP contribution in [0.4, 0.5) is 0 Å². The van der Waals surface area contributed by atoms with E-state index in [1.54, 1.807) is 11.3 Å². The number of terminal acetylenes is 1. The lowest BCUT2D eigenvalue weighted by Crippen LogP contribution is -2.36. The Morgan fingerprint density at radius 2 is 1.91 bits per heavy atom. The third-order valence-electron chi connectivity index (χ3n) is 3.62. The molecule has 23 heavy (non-hydrogen) atoms. The van der Waals surface area contributed by atoms with Crippen LogP contribution in [0.2, 0.25) is 0 Å². The van der Waals surface area contributed by atoms with Crippen LogP contribution in [0, 0.1) is 12.3 Å². The largest absolute Gasteiger partial charge is 0.344 e. The predicted octanol–water partition coefficient (Wildman–Crippen LogP) is 3.30. The smallest absolute Gasteiger partial charge is 0.234 e. The Morgan fingerprint density at radius 3 is 2.48 bits per heavy atom. The Kier molecular flexibility index (Phi) is 6.40. The first kappa shape index (κ1) is 17.3. The topological polar surface area (TPSA) is 41.1 Å². The third kappa shape index (κ3) is 4.95. The van der Waals surface area contributed by atoms with E-state index in [9.17, 15) is 4.79 Å². The van der Waals surface area contributed by atoms with Gasteiger partial charge in [-0.25, -0.2) is 0 Å². The van der Waals surface area contributed by atoms with Gasteiger partial charge in [-0.05, 0) is 28.5 Å². The highest BCUT2D eigenvalue weighted by atomic mass is 32.1. The summed E-state index contributed by atoms with van der Waals surface area (Å²) in [5.74, 6) is 2.82. The highest BCUT2D eigenvalue weighted by molar-refractivity contribution is 7.10. The first-order valence-corrected chi connectivity index (χ1v) is 8.56. The van der Waals surface area contributed by atoms with Crippen molar-refractivity contribution in [2.45, 2.75) is 25.8 Å². The minimum absolute atomic E-state index is 0.00722. The van der Waals surface area contributed by atoms with Crippen molar-refractivity contribution in [1.29, 1.82) is 0 Å². The van der Waals surface area contributed by atoms with Crippen molar-refractivity contribution in [1.82, 2.24) is 10.6 Å². The second kappa shape index (κ2) is 8.52. The standard InChI is InChI=1S/C19H22N2OS/c1-4-11-20-18(22)13-21-19(17-6-5-12-23-17)16-9-7-15(8-10-16)14(2)3/h1,5-10,12,14,19,21H,11,13H2,2-3H3,(H,20,22)/t19-/m0/s1. The molecule has 3 nitrogen and oxygen atoms in total. The molecule has 2 N–H and O–H groups in total. The van der Waals surface area contributed by atoms with E-state index in [4.69, 9.17) is 6.42 Å². The molecule has 0 saturated carbocycles. The zero-order valence-corrected chi connectivity index (χ0v) is 14.3. The molecule has 1 aromatic carbocycles. The second-order valence-corrected chi connectivity index (χ2v) is 6.61. The van der Waals surface area contributed by atoms with Crippen LogP contribution in [0.15, 0.2) is 41.8 Å². The predicted molar refractivity (Wildman–Crippen MR) is 96.5 cm³/mol. The minimum atomic E-state index is -0.0942. The Balaban J connectivity index is 2.12. The van der Waals surface area contributed by atoms with E-state index >= 15 is 0 Å². The van der Waals surface area contributed by atoms with Gasteiger partial charge in [-0.3, -0.25) is 10.1 Å². The van der Waals surface area contributed by atoms with Crippen LogP contribution in [0.3, 0.4) is 0 Å². The van der Waals surface area contributed by atoms with Gasteiger partial charge in [-0.15, -0.1) is 17.8 Å². The van der Waals surface area contributed by atoms with Gasteiger partial charge in [0.15, 0.2) is 0 Å². The van der Waals surface area contributed by atoms with Crippen LogP contribution in [0.5, 0.6) is 0 Å². The number of carbonyl (C=O) groups excluding carboxylic acids is 1. The number of rotatable bonds is 7. The molecule has 0 aliphatic carbocycles. The number of carbonyl (C=O) groups is 1. The number of benzene rings is 1. The van der Waals surface area contributed by atoms with Crippen LogP contribution in [-0.2, 0) is 4.79 Å². The molecule has 0 bridgehead atoms. The zero-order valence-electron chi connectivity index (χ0n) is 13.5. The average Bonchev–Trinajstić information content (AvgIpc) is 3.08. The zero-order chi connectivity index (χ0) is 16.7. The molecule has 1 aromatic heterocycles. The summed E-state index contributed by atoms with van der Waals surface area (Å²) >= 11 is 1.68. The van der Waals surface area contributed by atoms with E-state index in [0.29, 0.717) is 5.92 Å². The van der Waals surface area contributed by atoms with E-state index < -0.39 is 0 Å². The summed E-state index contributed by atoms with van der Waals surface area (Å²) in [6, 6.07) is 12.7. The Morgan fingerprint density at radius 1 is 1.22 bits per heavy atom. The second-order valence-electron chi connectivity index (χ2n) is 5.63. The summed E-state index contributed by atoms with van der Waals surface area (Å²) in [6.45, 7) is 4.85. The fraction of sp³-hybridized carbons (Fsp3) is 0.316. The number of amides is 1. The third-order valence-corrected chi connectivity index (χ3v) is 4.56. The van der Waals surface area contributed by atoms with Crippen molar-refractivity contribution < 1.29 is 4.79 Å². The van der Waals surface area contributed by atoms with Crippen molar-refractivity contribution in [2.75, 3.05) is 13.1 Å². The highest BCUT2D eigenvalue weighted by Gasteiger charge is 2.16. The molecule has 120 valence electrons. The van der Waals surface area contributed by atoms with Crippen LogP contribution in [0.25, 0.3) is 0 Å². The molecule has 0 aliphatic heterocycles. The molecule has 0 saturated heterocycles. The number of hydrogen-bond donors (Lipinski definition) is 2. The molecule has 0 unspecified atom stereocenters. The lowest BCUT2D eigenvalue weighted by Gasteiger charge is -2.18. The number of hydrogen-bond acceptors (Lipinski definition) is 3. The van der Waals surface area contributed by atoms with Gasteiger partial charge < -0.3 is 5.32 Å². The molecular formula is C19H22N2OS. The monoisotopic (exact) mass is 326 g/mol. The van der Waals surface area contributed by atoms with Gasteiger partial charge in [0.25, 0.3) is 0 Å². The Labute approximate surface area is 142 Å². The lowest BCUT2D eigenvalue weighted by molar-refractivity contribution is -0.120. The fourth-order valence-corrected chi connectivity index (χ4v) is 3.15. The lowest BCUT2D eigenvalue weighted by atomic mass is 9.98. The van der Waals surface area contributed by atoms with Crippen LogP contribution < -0.4 is 10.6 Å². The average molecular weight is 326 g/mol. The first-order valence-electron chi connectivity index (χ1n) is 7.68. The molecule has 2 rings (SSSR count). The van der Waals surface area contributed by atoms with Crippen LogP contribution >= 0.6 is 11.3 Å². The van der Waals surface area contributed by atoms with Gasteiger partial charge in [0.05, 0.1) is 19.1 Å². The first-order chi connectivity index (χ1) is 11.1. The molecule has 0 fully saturated rings. The van der Waals surface area contributed by atoms with E-state index in [1.165, 1.54) is 10.4 Å². The van der Waals surface area contributed by atoms with Crippen LogP contribution in [-0.4, -0.2) is 19.0 Å². The van der Waals surface area contributed by atoms with Gasteiger partial charge in [0, 0.05) is 4.88 Å². The summed E-state index contributed by atoms with van der Waals surface area (Å²) in [7, 11) is 0. The molecule has 0 radical (unpaired) electrons. The summed E-state index contributed by atoms with van der Waals surface area (Å²) in [6.07, 6.45) is 5.16. The van der Waals surface area contributed by atoms with Crippen molar-refractivity contribution >= 4 is 17.2 Å². The minimum Gasteiger partial charge on any atom is -0.344 e. The van der Waals surface area contributed by atoms with Gasteiger partial charge in [-0.2, -0.15) is 0 Å². The summed E-state index contributed by atoms with van der Waals surface area (Å²) < 4.78 is 0. The van der Waals surface area contributed by atoms with Gasteiger partial charge in [0.1, 0.15) is 0 Å². The molecule has 1 atom stereocenters. The van der Waals surface area contributed by atoms with E-state index in [1.807, 2.05) is 11.4 Å². The fourth-order valence-electron chi connectivity index (χ4n) is 2.32. The molecule has 0 spiro atoms. The van der Waals surface area contributed by atoms with E-state index in [2.05, 4.69) is 60.7 Å². The van der Waals surface area contributed by atoms with Gasteiger partial charge >= 0.3 is 0 Å². The summed E-state index contributed by atoms with van der Waals surface area (Å²) in [4.78, 5) is 13.0. The quantitative estimate of drug-likeness (QED) is 0.767. The highest BCUT2D eigenvalue weighted by Crippen LogP contribution is 2.27. The Hall–Kier alpha value is -2.09.